The molecule has 0 aliphatic carbocycles. The minimum Gasteiger partial charge on any atom is -0.507 e. The third-order valence-corrected chi connectivity index (χ3v) is 3.80. The molecule has 0 aromatic heterocycles. The van der Waals surface area contributed by atoms with Gasteiger partial charge >= 0.3 is 0 Å². The molecule has 26 heavy (non-hydrogen) atoms. The van der Waals surface area contributed by atoms with Crippen LogP contribution in [0.1, 0.15) is 15.9 Å². The van der Waals surface area contributed by atoms with Crippen LogP contribution in [0.3, 0.4) is 0 Å². The van der Waals surface area contributed by atoms with Gasteiger partial charge in [0.1, 0.15) is 18.1 Å². The first-order valence-electron chi connectivity index (χ1n) is 8.07. The van der Waals surface area contributed by atoms with Crippen molar-refractivity contribution < 1.29 is 14.6 Å². The molecule has 3 aromatic carbocycles. The Morgan fingerprint density at radius 2 is 1.88 bits per heavy atom. The van der Waals surface area contributed by atoms with Crippen LogP contribution >= 0.6 is 0 Å². The number of hydrogen-bond donors (Lipinski definition) is 2. The number of hydrazone groups is 1. The Labute approximate surface area is 151 Å². The van der Waals surface area contributed by atoms with Crippen LogP contribution in [0.15, 0.2) is 78.4 Å². The molecular formula is C21H18N2O3. The monoisotopic (exact) mass is 346 g/mol. The summed E-state index contributed by atoms with van der Waals surface area (Å²) >= 11 is 0. The molecule has 130 valence electrons. The smallest absolute Gasteiger partial charge is 0.275 e. The largest absolute Gasteiger partial charge is 0.507 e. The van der Waals surface area contributed by atoms with E-state index >= 15 is 0 Å². The van der Waals surface area contributed by atoms with Crippen LogP contribution in [0, 0.1) is 0 Å². The molecule has 5 nitrogen and oxygen atoms in total. The zero-order valence-electron chi connectivity index (χ0n) is 14.1. The maximum absolute atomic E-state index is 12.4. The number of nitrogens with zero attached hydrogens (tertiary/aromatic N) is 1. The molecule has 0 aliphatic heterocycles. The van der Waals surface area contributed by atoms with E-state index in [1.807, 2.05) is 30.3 Å². The molecule has 1 amide bonds. The Kier molecular flexibility index (Phi) is 5.29. The maximum atomic E-state index is 12.4. The number of rotatable bonds is 6. The molecule has 0 atom stereocenters. The molecule has 0 unspecified atom stereocenters. The first-order valence-corrected chi connectivity index (χ1v) is 8.07. The predicted molar refractivity (Wildman–Crippen MR) is 103 cm³/mol. The fraction of sp³-hybridized carbons (Fsp3) is 0.0476. The number of benzene rings is 3. The number of amides is 1. The van der Waals surface area contributed by atoms with E-state index in [0.717, 1.165) is 10.8 Å². The summed E-state index contributed by atoms with van der Waals surface area (Å²) in [6.07, 6.45) is 3.04. The van der Waals surface area contributed by atoms with E-state index in [4.69, 9.17) is 4.74 Å². The van der Waals surface area contributed by atoms with E-state index < -0.39 is 5.91 Å². The van der Waals surface area contributed by atoms with Gasteiger partial charge in [-0.2, -0.15) is 5.10 Å². The Morgan fingerprint density at radius 3 is 2.73 bits per heavy atom. The summed E-state index contributed by atoms with van der Waals surface area (Å²) in [7, 11) is 0. The number of para-hydroxylation sites is 1. The number of hydrogen-bond acceptors (Lipinski definition) is 4. The highest BCUT2D eigenvalue weighted by atomic mass is 16.5. The van der Waals surface area contributed by atoms with E-state index in [9.17, 15) is 9.90 Å². The predicted octanol–water partition coefficient (Wildman–Crippen LogP) is 3.87. The van der Waals surface area contributed by atoms with Gasteiger partial charge in [0.05, 0.1) is 11.8 Å². The molecule has 0 aliphatic rings. The molecule has 0 saturated carbocycles. The van der Waals surface area contributed by atoms with Gasteiger partial charge in [0, 0.05) is 5.56 Å². The first-order chi connectivity index (χ1) is 12.7. The van der Waals surface area contributed by atoms with Gasteiger partial charge in [-0.1, -0.05) is 55.1 Å². The lowest BCUT2D eigenvalue weighted by molar-refractivity contribution is 0.0951. The summed E-state index contributed by atoms with van der Waals surface area (Å²) in [5.41, 5.74) is 3.38. The highest BCUT2D eigenvalue weighted by molar-refractivity contribution is 6.03. The fourth-order valence-electron chi connectivity index (χ4n) is 2.56. The SMILES string of the molecule is C=CCOc1ccccc1C(=O)N/N=C/c1c(O)ccc2ccccc12. The van der Waals surface area contributed by atoms with Gasteiger partial charge in [0.2, 0.25) is 0 Å². The number of aromatic hydroxyl groups is 1. The van der Waals surface area contributed by atoms with Gasteiger partial charge in [-0.05, 0) is 29.0 Å². The van der Waals surface area contributed by atoms with Gasteiger partial charge in [0.15, 0.2) is 0 Å². The quantitative estimate of drug-likeness (QED) is 0.404. The average Bonchev–Trinajstić information content (AvgIpc) is 2.68. The van der Waals surface area contributed by atoms with Crippen LogP contribution in [0.5, 0.6) is 11.5 Å². The standard InChI is InChI=1S/C21H18N2O3/c1-2-13-26-20-10-6-5-9-17(20)21(25)23-22-14-18-16-8-4-3-7-15(16)11-12-19(18)24/h2-12,14,24H,1,13H2,(H,23,25)/b22-14+. The Morgan fingerprint density at radius 1 is 1.12 bits per heavy atom. The Bertz CT molecular complexity index is 980. The number of ether oxygens (including phenoxy) is 1. The van der Waals surface area contributed by atoms with Crippen LogP contribution in [0.2, 0.25) is 0 Å². The topological polar surface area (TPSA) is 70.9 Å². The summed E-state index contributed by atoms with van der Waals surface area (Å²) < 4.78 is 5.48. The molecule has 3 rings (SSSR count). The van der Waals surface area contributed by atoms with Crippen molar-refractivity contribution in [3.05, 3.63) is 84.4 Å². The molecule has 0 spiro atoms. The number of carbonyl (C=O) groups is 1. The second-order valence-corrected chi connectivity index (χ2v) is 5.51. The molecule has 0 heterocycles. The van der Waals surface area contributed by atoms with Crippen molar-refractivity contribution in [2.75, 3.05) is 6.61 Å². The number of fused-ring (bicyclic) bond motifs is 1. The summed E-state index contributed by atoms with van der Waals surface area (Å²) in [6, 6.07) is 17.9. The lowest BCUT2D eigenvalue weighted by atomic mass is 10.0. The number of carbonyl (C=O) groups excluding carboxylic acids is 1. The van der Waals surface area contributed by atoms with Crippen molar-refractivity contribution in [2.45, 2.75) is 0 Å². The lowest BCUT2D eigenvalue weighted by Crippen LogP contribution is -2.18. The van der Waals surface area contributed by atoms with Crippen molar-refractivity contribution in [3.63, 3.8) is 0 Å². The molecule has 5 heteroatoms. The molecule has 2 N–H and O–H groups in total. The minimum atomic E-state index is -0.402. The van der Waals surface area contributed by atoms with E-state index in [1.54, 1.807) is 36.4 Å². The number of nitrogens with one attached hydrogen (secondary N) is 1. The zero-order valence-corrected chi connectivity index (χ0v) is 14.1. The van der Waals surface area contributed by atoms with E-state index in [1.165, 1.54) is 6.21 Å². The summed E-state index contributed by atoms with van der Waals surface area (Å²) in [5, 5.41) is 15.9. The van der Waals surface area contributed by atoms with Gasteiger partial charge < -0.3 is 9.84 Å². The van der Waals surface area contributed by atoms with E-state index in [-0.39, 0.29) is 5.75 Å². The molecule has 0 radical (unpaired) electrons. The van der Waals surface area contributed by atoms with Crippen LogP contribution in [-0.2, 0) is 0 Å². The lowest BCUT2D eigenvalue weighted by Gasteiger charge is -2.08. The molecular weight excluding hydrogens is 328 g/mol. The van der Waals surface area contributed by atoms with Gasteiger partial charge in [-0.25, -0.2) is 5.43 Å². The zero-order chi connectivity index (χ0) is 18.4. The second-order valence-electron chi connectivity index (χ2n) is 5.51. The normalized spacial score (nSPS) is 10.8. The van der Waals surface area contributed by atoms with Crippen molar-refractivity contribution in [3.8, 4) is 11.5 Å². The van der Waals surface area contributed by atoms with Crippen LogP contribution in [0.4, 0.5) is 0 Å². The molecule has 0 saturated heterocycles. The number of phenolic OH excluding ortho intramolecular Hbond substituents is 1. The molecule has 0 fully saturated rings. The van der Waals surface area contributed by atoms with Crippen molar-refractivity contribution in [1.29, 1.82) is 0 Å². The third kappa shape index (κ3) is 3.72. The average molecular weight is 346 g/mol. The Balaban J connectivity index is 1.81. The number of phenols is 1. The molecule has 0 bridgehead atoms. The third-order valence-electron chi connectivity index (χ3n) is 3.80. The molecule has 3 aromatic rings. The minimum absolute atomic E-state index is 0.0939. The van der Waals surface area contributed by atoms with E-state index in [0.29, 0.717) is 23.5 Å². The summed E-state index contributed by atoms with van der Waals surface area (Å²) in [5.74, 6) is 0.144. The maximum Gasteiger partial charge on any atom is 0.275 e. The van der Waals surface area contributed by atoms with Crippen LogP contribution in [-0.4, -0.2) is 23.8 Å². The highest BCUT2D eigenvalue weighted by Crippen LogP contribution is 2.25. The summed E-state index contributed by atoms with van der Waals surface area (Å²) in [6.45, 7) is 3.90. The summed E-state index contributed by atoms with van der Waals surface area (Å²) in [4.78, 5) is 12.4. The van der Waals surface area contributed by atoms with Crippen molar-refractivity contribution >= 4 is 22.9 Å². The van der Waals surface area contributed by atoms with Gasteiger partial charge in [-0.3, -0.25) is 4.79 Å². The fourth-order valence-corrected chi connectivity index (χ4v) is 2.56. The van der Waals surface area contributed by atoms with Crippen molar-refractivity contribution in [1.82, 2.24) is 5.43 Å². The van der Waals surface area contributed by atoms with E-state index in [2.05, 4.69) is 17.1 Å². The Hall–Kier alpha value is -3.60. The van der Waals surface area contributed by atoms with Crippen molar-refractivity contribution in [2.24, 2.45) is 5.10 Å². The second kappa shape index (κ2) is 7.98. The first kappa shape index (κ1) is 17.2. The van der Waals surface area contributed by atoms with Gasteiger partial charge in [-0.15, -0.1) is 0 Å². The highest BCUT2D eigenvalue weighted by Gasteiger charge is 2.11. The van der Waals surface area contributed by atoms with Crippen LogP contribution < -0.4 is 10.2 Å². The van der Waals surface area contributed by atoms with Crippen LogP contribution in [0.25, 0.3) is 10.8 Å². The van der Waals surface area contributed by atoms with Gasteiger partial charge in [0.25, 0.3) is 5.91 Å².